The minimum atomic E-state index is -0.213. The lowest BCUT2D eigenvalue weighted by Gasteiger charge is -2.20. The molecule has 2 aromatic carbocycles. The van der Waals surface area contributed by atoms with Crippen molar-refractivity contribution in [2.24, 2.45) is 0 Å². The van der Waals surface area contributed by atoms with Gasteiger partial charge in [-0.3, -0.25) is 4.79 Å². The number of phenolic OH excluding ortho intramolecular Hbond substituents is 1. The summed E-state index contributed by atoms with van der Waals surface area (Å²) in [5, 5.41) is 9.92. The summed E-state index contributed by atoms with van der Waals surface area (Å²) in [6, 6.07) is 11.0. The van der Waals surface area contributed by atoms with Crippen molar-refractivity contribution in [1.82, 2.24) is 0 Å². The molecule has 0 aromatic heterocycles. The van der Waals surface area contributed by atoms with Crippen molar-refractivity contribution in [3.63, 3.8) is 0 Å². The van der Waals surface area contributed by atoms with Gasteiger partial charge < -0.3 is 10.0 Å². The SMILES string of the molecule is Cc1ccc(N(C)C(=O)c2ccc(C)cc2O)c(C)c1. The molecule has 0 aliphatic rings. The van der Waals surface area contributed by atoms with Crippen molar-refractivity contribution in [2.75, 3.05) is 11.9 Å². The van der Waals surface area contributed by atoms with E-state index in [1.165, 1.54) is 0 Å². The molecule has 0 aliphatic carbocycles. The van der Waals surface area contributed by atoms with Gasteiger partial charge in [0, 0.05) is 12.7 Å². The van der Waals surface area contributed by atoms with E-state index in [1.54, 1.807) is 24.1 Å². The quantitative estimate of drug-likeness (QED) is 0.905. The first-order valence-electron chi connectivity index (χ1n) is 6.55. The minimum absolute atomic E-state index is 0.0200. The van der Waals surface area contributed by atoms with Crippen LogP contribution in [0.5, 0.6) is 5.75 Å². The van der Waals surface area contributed by atoms with Crippen LogP contribution in [0.1, 0.15) is 27.0 Å². The Hall–Kier alpha value is -2.29. The van der Waals surface area contributed by atoms with Crippen molar-refractivity contribution in [2.45, 2.75) is 20.8 Å². The van der Waals surface area contributed by atoms with Gasteiger partial charge in [0.1, 0.15) is 5.75 Å². The van der Waals surface area contributed by atoms with Gasteiger partial charge in [-0.15, -0.1) is 0 Å². The van der Waals surface area contributed by atoms with Gasteiger partial charge in [0.05, 0.1) is 5.56 Å². The summed E-state index contributed by atoms with van der Waals surface area (Å²) >= 11 is 0. The normalized spacial score (nSPS) is 10.4. The van der Waals surface area contributed by atoms with Crippen LogP contribution in [0.4, 0.5) is 5.69 Å². The number of hydrogen-bond donors (Lipinski definition) is 1. The van der Waals surface area contributed by atoms with Gasteiger partial charge in [0.15, 0.2) is 0 Å². The lowest BCUT2D eigenvalue weighted by atomic mass is 10.1. The van der Waals surface area contributed by atoms with E-state index in [2.05, 4.69) is 0 Å². The second-order valence-corrected chi connectivity index (χ2v) is 5.17. The molecule has 0 heterocycles. The van der Waals surface area contributed by atoms with Crippen LogP contribution in [0.15, 0.2) is 36.4 Å². The summed E-state index contributed by atoms with van der Waals surface area (Å²) in [6.07, 6.45) is 0. The number of rotatable bonds is 2. The molecule has 0 unspecified atom stereocenters. The van der Waals surface area contributed by atoms with Crippen LogP contribution in [0.2, 0.25) is 0 Å². The summed E-state index contributed by atoms with van der Waals surface area (Å²) < 4.78 is 0. The molecule has 20 heavy (non-hydrogen) atoms. The fraction of sp³-hybridized carbons (Fsp3) is 0.235. The Labute approximate surface area is 119 Å². The van der Waals surface area contributed by atoms with E-state index in [0.29, 0.717) is 5.56 Å². The van der Waals surface area contributed by atoms with Gasteiger partial charge in [-0.05, 0) is 50.1 Å². The second-order valence-electron chi connectivity index (χ2n) is 5.17. The minimum Gasteiger partial charge on any atom is -0.507 e. The largest absolute Gasteiger partial charge is 0.507 e. The molecule has 1 N–H and O–H groups in total. The molecule has 1 amide bonds. The van der Waals surface area contributed by atoms with E-state index >= 15 is 0 Å². The monoisotopic (exact) mass is 269 g/mol. The zero-order valence-electron chi connectivity index (χ0n) is 12.3. The molecule has 0 saturated carbocycles. The van der Waals surface area contributed by atoms with Crippen LogP contribution in [-0.4, -0.2) is 18.1 Å². The molecular weight excluding hydrogens is 250 g/mol. The molecule has 0 aliphatic heterocycles. The Kier molecular flexibility index (Phi) is 3.79. The standard InChI is InChI=1S/C17H19NO2/c1-11-6-8-15(13(3)9-11)18(4)17(20)14-7-5-12(2)10-16(14)19/h5-10,19H,1-4H3. The van der Waals surface area contributed by atoms with Gasteiger partial charge in [-0.1, -0.05) is 23.8 Å². The average Bonchev–Trinajstić information content (AvgIpc) is 2.37. The maximum absolute atomic E-state index is 12.5. The van der Waals surface area contributed by atoms with Gasteiger partial charge >= 0.3 is 0 Å². The van der Waals surface area contributed by atoms with Crippen molar-refractivity contribution in [3.05, 3.63) is 58.7 Å². The molecular formula is C17H19NO2. The lowest BCUT2D eigenvalue weighted by Crippen LogP contribution is -2.27. The number of amides is 1. The highest BCUT2D eigenvalue weighted by atomic mass is 16.3. The predicted molar refractivity (Wildman–Crippen MR) is 81.5 cm³/mol. The molecule has 2 aromatic rings. The number of aryl methyl sites for hydroxylation is 3. The maximum atomic E-state index is 12.5. The van der Waals surface area contributed by atoms with Crippen molar-refractivity contribution in [3.8, 4) is 5.75 Å². The number of nitrogens with zero attached hydrogens (tertiary/aromatic N) is 1. The molecule has 0 fully saturated rings. The van der Waals surface area contributed by atoms with E-state index in [-0.39, 0.29) is 11.7 Å². The molecule has 3 heteroatoms. The highest BCUT2D eigenvalue weighted by Gasteiger charge is 2.18. The van der Waals surface area contributed by atoms with Crippen LogP contribution in [0.25, 0.3) is 0 Å². The van der Waals surface area contributed by atoms with Crippen LogP contribution in [0.3, 0.4) is 0 Å². The predicted octanol–water partition coefficient (Wildman–Crippen LogP) is 3.59. The Bertz CT molecular complexity index is 662. The first-order chi connectivity index (χ1) is 9.40. The Morgan fingerprint density at radius 2 is 1.60 bits per heavy atom. The number of anilines is 1. The maximum Gasteiger partial charge on any atom is 0.261 e. The molecule has 104 valence electrons. The molecule has 0 atom stereocenters. The van der Waals surface area contributed by atoms with Gasteiger partial charge in [-0.2, -0.15) is 0 Å². The molecule has 3 nitrogen and oxygen atoms in total. The topological polar surface area (TPSA) is 40.5 Å². The van der Waals surface area contributed by atoms with E-state index in [9.17, 15) is 9.90 Å². The smallest absolute Gasteiger partial charge is 0.261 e. The third kappa shape index (κ3) is 2.67. The van der Waals surface area contributed by atoms with Crippen molar-refractivity contribution >= 4 is 11.6 Å². The van der Waals surface area contributed by atoms with E-state index < -0.39 is 0 Å². The first-order valence-corrected chi connectivity index (χ1v) is 6.55. The second kappa shape index (κ2) is 5.37. The number of hydrogen-bond acceptors (Lipinski definition) is 2. The molecule has 0 saturated heterocycles. The fourth-order valence-electron chi connectivity index (χ4n) is 2.29. The van der Waals surface area contributed by atoms with E-state index in [0.717, 1.165) is 22.4 Å². The zero-order valence-corrected chi connectivity index (χ0v) is 12.3. The highest BCUT2D eigenvalue weighted by Crippen LogP contribution is 2.25. The van der Waals surface area contributed by atoms with Crippen LogP contribution < -0.4 is 4.90 Å². The van der Waals surface area contributed by atoms with Gasteiger partial charge in [0.2, 0.25) is 0 Å². The van der Waals surface area contributed by atoms with Crippen LogP contribution in [-0.2, 0) is 0 Å². The molecule has 0 bridgehead atoms. The first kappa shape index (κ1) is 14.1. The van der Waals surface area contributed by atoms with Crippen LogP contribution >= 0.6 is 0 Å². The Morgan fingerprint density at radius 1 is 1.00 bits per heavy atom. The van der Waals surface area contributed by atoms with Gasteiger partial charge in [-0.25, -0.2) is 0 Å². The summed E-state index contributed by atoms with van der Waals surface area (Å²) in [4.78, 5) is 14.0. The number of phenols is 1. The summed E-state index contributed by atoms with van der Waals surface area (Å²) in [5.41, 5.74) is 4.28. The summed E-state index contributed by atoms with van der Waals surface area (Å²) in [7, 11) is 1.72. The van der Waals surface area contributed by atoms with Gasteiger partial charge in [0.25, 0.3) is 5.91 Å². The highest BCUT2D eigenvalue weighted by molar-refractivity contribution is 6.07. The van der Waals surface area contributed by atoms with E-state index in [4.69, 9.17) is 0 Å². The molecule has 0 spiro atoms. The Morgan fingerprint density at radius 3 is 2.20 bits per heavy atom. The Balaban J connectivity index is 2.37. The van der Waals surface area contributed by atoms with Crippen molar-refractivity contribution < 1.29 is 9.90 Å². The van der Waals surface area contributed by atoms with Crippen LogP contribution in [0, 0.1) is 20.8 Å². The summed E-state index contributed by atoms with van der Waals surface area (Å²) in [5.74, 6) is -0.193. The lowest BCUT2D eigenvalue weighted by molar-refractivity contribution is 0.0990. The molecule has 0 radical (unpaired) electrons. The third-order valence-corrected chi connectivity index (χ3v) is 3.40. The number of carbonyl (C=O) groups excluding carboxylic acids is 1. The zero-order chi connectivity index (χ0) is 14.9. The third-order valence-electron chi connectivity index (χ3n) is 3.40. The van der Waals surface area contributed by atoms with Crippen molar-refractivity contribution in [1.29, 1.82) is 0 Å². The fourth-order valence-corrected chi connectivity index (χ4v) is 2.29. The molecule has 2 rings (SSSR count). The number of benzene rings is 2. The average molecular weight is 269 g/mol. The number of carbonyl (C=O) groups is 1. The van der Waals surface area contributed by atoms with E-state index in [1.807, 2.05) is 45.0 Å². The number of aromatic hydroxyl groups is 1. The summed E-state index contributed by atoms with van der Waals surface area (Å²) in [6.45, 7) is 5.87.